The lowest BCUT2D eigenvalue weighted by molar-refractivity contribution is -0.106. The molecule has 1 spiro atoms. The van der Waals surface area contributed by atoms with Gasteiger partial charge in [0, 0.05) is 12.6 Å². The summed E-state index contributed by atoms with van der Waals surface area (Å²) in [5, 5.41) is 0. The molecule has 4 heteroatoms. The first-order valence-electron chi connectivity index (χ1n) is 8.32. The van der Waals surface area contributed by atoms with E-state index < -0.39 is 0 Å². The number of ether oxygens (including phenoxy) is 1. The average molecular weight is 316 g/mol. The summed E-state index contributed by atoms with van der Waals surface area (Å²) in [4.78, 5) is 0. The first kappa shape index (κ1) is 15.5. The van der Waals surface area contributed by atoms with Crippen LogP contribution in [0.4, 0.5) is 0 Å². The average Bonchev–Trinajstić information content (AvgIpc) is 2.49. The van der Waals surface area contributed by atoms with Gasteiger partial charge in [0.1, 0.15) is 0 Å². The Balaban J connectivity index is 1.52. The van der Waals surface area contributed by atoms with Crippen LogP contribution in [0.5, 0.6) is 0 Å². The van der Waals surface area contributed by atoms with Crippen molar-refractivity contribution in [3.63, 3.8) is 0 Å². The second-order valence-corrected chi connectivity index (χ2v) is 9.30. The molecule has 0 radical (unpaired) electrons. The summed E-state index contributed by atoms with van der Waals surface area (Å²) in [6, 6.07) is 0.415. The van der Waals surface area contributed by atoms with Gasteiger partial charge in [-0.2, -0.15) is 23.5 Å². The molecule has 0 aromatic rings. The first-order chi connectivity index (χ1) is 9.77. The van der Waals surface area contributed by atoms with Crippen LogP contribution in [0.1, 0.15) is 44.9 Å². The third-order valence-corrected chi connectivity index (χ3v) is 7.52. The predicted molar refractivity (Wildman–Crippen MR) is 90.6 cm³/mol. The van der Waals surface area contributed by atoms with Crippen molar-refractivity contribution < 1.29 is 4.74 Å². The topological polar surface area (TPSA) is 35.2 Å². The summed E-state index contributed by atoms with van der Waals surface area (Å²) in [6.45, 7) is 0.948. The van der Waals surface area contributed by atoms with Crippen molar-refractivity contribution in [2.45, 2.75) is 56.6 Å². The molecule has 3 fully saturated rings. The fourth-order valence-corrected chi connectivity index (χ4v) is 6.52. The smallest absolute Gasteiger partial charge is 0.0701 e. The molecule has 3 rings (SSSR count). The van der Waals surface area contributed by atoms with Crippen LogP contribution in [0, 0.1) is 11.8 Å². The summed E-state index contributed by atoms with van der Waals surface area (Å²) in [5.74, 6) is 6.87. The van der Waals surface area contributed by atoms with Crippen molar-refractivity contribution in [3.05, 3.63) is 0 Å². The van der Waals surface area contributed by atoms with Crippen LogP contribution in [0.25, 0.3) is 0 Å². The zero-order valence-electron chi connectivity index (χ0n) is 12.5. The molecule has 0 bridgehead atoms. The molecule has 3 aliphatic rings. The van der Waals surface area contributed by atoms with Crippen LogP contribution in [-0.2, 0) is 4.74 Å². The minimum atomic E-state index is 0.203. The van der Waals surface area contributed by atoms with Crippen molar-refractivity contribution >= 4 is 23.5 Å². The molecule has 3 saturated heterocycles. The van der Waals surface area contributed by atoms with E-state index in [1.54, 1.807) is 0 Å². The molecule has 0 aromatic carbocycles. The molecule has 3 heterocycles. The van der Waals surface area contributed by atoms with Crippen molar-refractivity contribution in [1.82, 2.24) is 0 Å². The lowest BCUT2D eigenvalue weighted by atomic mass is 9.76. The van der Waals surface area contributed by atoms with Gasteiger partial charge in [-0.3, -0.25) is 0 Å². The molecule has 2 nitrogen and oxygen atoms in total. The van der Waals surface area contributed by atoms with E-state index in [4.69, 9.17) is 10.5 Å². The van der Waals surface area contributed by atoms with Gasteiger partial charge < -0.3 is 10.5 Å². The van der Waals surface area contributed by atoms with Crippen LogP contribution in [0.2, 0.25) is 0 Å². The van der Waals surface area contributed by atoms with Gasteiger partial charge >= 0.3 is 0 Å². The molecule has 2 atom stereocenters. The Kier molecular flexibility index (Phi) is 5.63. The molecule has 2 unspecified atom stereocenters. The fraction of sp³-hybridized carbons (Fsp3) is 1.00. The van der Waals surface area contributed by atoms with E-state index in [9.17, 15) is 0 Å². The normalized spacial score (nSPS) is 33.1. The Bertz CT molecular complexity index is 295. The van der Waals surface area contributed by atoms with Crippen LogP contribution in [0.3, 0.4) is 0 Å². The molecule has 0 aromatic heterocycles. The summed E-state index contributed by atoms with van der Waals surface area (Å²) >= 11 is 4.20. The molecular formula is C16H29NOS2. The molecule has 0 amide bonds. The van der Waals surface area contributed by atoms with E-state index in [0.717, 1.165) is 12.5 Å². The highest BCUT2D eigenvalue weighted by Gasteiger charge is 2.40. The number of rotatable bonds is 3. The summed E-state index contributed by atoms with van der Waals surface area (Å²) in [5.41, 5.74) is 6.80. The third-order valence-electron chi connectivity index (χ3n) is 5.49. The Morgan fingerprint density at radius 1 is 1.05 bits per heavy atom. The molecule has 0 aliphatic carbocycles. The SMILES string of the molecule is NC(CC1CCSCC1)C1CCOC2(CCSCC2)C1. The van der Waals surface area contributed by atoms with Gasteiger partial charge in [-0.15, -0.1) is 0 Å². The highest BCUT2D eigenvalue weighted by Crippen LogP contribution is 2.41. The molecule has 116 valence electrons. The maximum Gasteiger partial charge on any atom is 0.0701 e. The van der Waals surface area contributed by atoms with Gasteiger partial charge in [0.25, 0.3) is 0 Å². The van der Waals surface area contributed by atoms with Gasteiger partial charge in [0.15, 0.2) is 0 Å². The van der Waals surface area contributed by atoms with E-state index in [1.165, 1.54) is 68.0 Å². The summed E-state index contributed by atoms with van der Waals surface area (Å²) in [6.07, 6.45) is 8.97. The van der Waals surface area contributed by atoms with Gasteiger partial charge in [0.05, 0.1) is 5.60 Å². The van der Waals surface area contributed by atoms with Crippen molar-refractivity contribution in [2.24, 2.45) is 17.6 Å². The lowest BCUT2D eigenvalue weighted by Crippen LogP contribution is -2.47. The number of hydrogen-bond acceptors (Lipinski definition) is 4. The largest absolute Gasteiger partial charge is 0.375 e. The zero-order valence-corrected chi connectivity index (χ0v) is 14.2. The van der Waals surface area contributed by atoms with Crippen LogP contribution in [0.15, 0.2) is 0 Å². The number of thioether (sulfide) groups is 2. The second kappa shape index (κ2) is 7.26. The number of nitrogens with two attached hydrogens (primary N) is 1. The van der Waals surface area contributed by atoms with Gasteiger partial charge in [-0.05, 0) is 79.8 Å². The molecule has 3 aliphatic heterocycles. The quantitative estimate of drug-likeness (QED) is 0.864. The minimum absolute atomic E-state index is 0.203. The Morgan fingerprint density at radius 2 is 1.75 bits per heavy atom. The molecule has 2 N–H and O–H groups in total. The Hall–Kier alpha value is 0.620. The van der Waals surface area contributed by atoms with Crippen LogP contribution in [-0.4, -0.2) is 41.3 Å². The predicted octanol–water partition coefficient (Wildman–Crippen LogP) is 3.54. The Labute approximate surface area is 132 Å². The van der Waals surface area contributed by atoms with E-state index in [0.29, 0.717) is 12.0 Å². The highest BCUT2D eigenvalue weighted by atomic mass is 32.2. The van der Waals surface area contributed by atoms with Crippen LogP contribution >= 0.6 is 23.5 Å². The fourth-order valence-electron chi connectivity index (χ4n) is 4.08. The van der Waals surface area contributed by atoms with E-state index in [1.807, 2.05) is 0 Å². The van der Waals surface area contributed by atoms with E-state index >= 15 is 0 Å². The molecule has 0 saturated carbocycles. The summed E-state index contributed by atoms with van der Waals surface area (Å²) < 4.78 is 6.20. The Morgan fingerprint density at radius 3 is 2.50 bits per heavy atom. The number of hydrogen-bond donors (Lipinski definition) is 1. The van der Waals surface area contributed by atoms with Crippen molar-refractivity contribution in [3.8, 4) is 0 Å². The lowest BCUT2D eigenvalue weighted by Gasteiger charge is -2.45. The maximum atomic E-state index is 6.60. The van der Waals surface area contributed by atoms with E-state index in [-0.39, 0.29) is 5.60 Å². The monoisotopic (exact) mass is 315 g/mol. The minimum Gasteiger partial charge on any atom is -0.375 e. The standard InChI is InChI=1S/C16H29NOS2/c17-15(11-13-2-7-19-8-3-13)14-1-6-18-16(12-14)4-9-20-10-5-16/h13-15H,1-12,17H2. The zero-order chi connectivity index (χ0) is 13.8. The van der Waals surface area contributed by atoms with Crippen molar-refractivity contribution in [2.75, 3.05) is 29.6 Å². The third kappa shape index (κ3) is 3.88. The highest BCUT2D eigenvalue weighted by molar-refractivity contribution is 7.99. The van der Waals surface area contributed by atoms with Crippen LogP contribution < -0.4 is 5.73 Å². The second-order valence-electron chi connectivity index (χ2n) is 6.85. The van der Waals surface area contributed by atoms with Gasteiger partial charge in [-0.1, -0.05) is 0 Å². The molecule has 20 heavy (non-hydrogen) atoms. The van der Waals surface area contributed by atoms with Gasteiger partial charge in [-0.25, -0.2) is 0 Å². The van der Waals surface area contributed by atoms with Crippen molar-refractivity contribution in [1.29, 1.82) is 0 Å². The van der Waals surface area contributed by atoms with Gasteiger partial charge in [0.2, 0.25) is 0 Å². The first-order valence-corrected chi connectivity index (χ1v) is 10.6. The maximum absolute atomic E-state index is 6.60. The van der Waals surface area contributed by atoms with E-state index in [2.05, 4.69) is 23.5 Å². The molecular weight excluding hydrogens is 286 g/mol. The summed E-state index contributed by atoms with van der Waals surface area (Å²) in [7, 11) is 0.